The summed E-state index contributed by atoms with van der Waals surface area (Å²) in [4.78, 5) is 12.4. The van der Waals surface area contributed by atoms with Gasteiger partial charge in [-0.2, -0.15) is 0 Å². The first-order valence-electron chi connectivity index (χ1n) is 3.49. The Labute approximate surface area is 61.6 Å². The molecule has 0 aliphatic rings. The topological polar surface area (TPSA) is 40.5 Å². The molecule has 0 aliphatic carbocycles. The molecule has 0 saturated heterocycles. The molecule has 60 valence electrons. The van der Waals surface area contributed by atoms with Gasteiger partial charge in [-0.3, -0.25) is 4.79 Å². The molecule has 0 saturated carbocycles. The molecule has 0 aromatic rings. The monoisotopic (exact) mass is 145 g/mol. The van der Waals surface area contributed by atoms with Crippen LogP contribution in [-0.4, -0.2) is 29.7 Å². The normalized spacial score (nSPS) is 12.8. The summed E-state index contributed by atoms with van der Waals surface area (Å²) >= 11 is 0. The molecule has 0 aromatic heterocycles. The summed E-state index contributed by atoms with van der Waals surface area (Å²) in [5.41, 5.74) is 0. The lowest BCUT2D eigenvalue weighted by atomic mass is 10.1. The highest BCUT2D eigenvalue weighted by atomic mass is 16.3. The van der Waals surface area contributed by atoms with Gasteiger partial charge < -0.3 is 10.0 Å². The van der Waals surface area contributed by atoms with Gasteiger partial charge in [-0.15, -0.1) is 0 Å². The number of nitrogens with zero attached hydrogens (tertiary/aromatic N) is 1. The average molecular weight is 145 g/mol. The average Bonchev–Trinajstić information content (AvgIpc) is 2.00. The Kier molecular flexibility index (Phi) is 4.03. The van der Waals surface area contributed by atoms with E-state index in [0.29, 0.717) is 0 Å². The standard InChI is InChI=1S/C7H15NO2/c1-4-6(2)7(10)8(3)5-9/h6,9H,4-5H2,1-3H3. The van der Waals surface area contributed by atoms with Crippen LogP contribution in [0.1, 0.15) is 20.3 Å². The fourth-order valence-electron chi connectivity index (χ4n) is 0.621. The van der Waals surface area contributed by atoms with Crippen molar-refractivity contribution < 1.29 is 9.90 Å². The van der Waals surface area contributed by atoms with Crippen molar-refractivity contribution in [2.75, 3.05) is 13.8 Å². The zero-order chi connectivity index (χ0) is 8.15. The third kappa shape index (κ3) is 2.35. The van der Waals surface area contributed by atoms with Crippen molar-refractivity contribution >= 4 is 5.91 Å². The van der Waals surface area contributed by atoms with Gasteiger partial charge in [-0.25, -0.2) is 0 Å². The summed E-state index contributed by atoms with van der Waals surface area (Å²) in [5, 5.41) is 8.55. The van der Waals surface area contributed by atoms with E-state index in [1.165, 1.54) is 4.90 Å². The van der Waals surface area contributed by atoms with Crippen LogP contribution in [0.5, 0.6) is 0 Å². The van der Waals surface area contributed by atoms with Crippen LogP contribution in [0.25, 0.3) is 0 Å². The van der Waals surface area contributed by atoms with Crippen LogP contribution in [0.4, 0.5) is 0 Å². The highest BCUT2D eigenvalue weighted by Crippen LogP contribution is 2.03. The predicted octanol–water partition coefficient (Wildman–Crippen LogP) is 0.441. The fraction of sp³-hybridized carbons (Fsp3) is 0.857. The number of hydrogen-bond acceptors (Lipinski definition) is 2. The molecule has 1 N–H and O–H groups in total. The second-order valence-corrected chi connectivity index (χ2v) is 2.49. The van der Waals surface area contributed by atoms with E-state index in [2.05, 4.69) is 0 Å². The Bertz CT molecular complexity index is 102. The van der Waals surface area contributed by atoms with Crippen molar-refractivity contribution in [3.05, 3.63) is 0 Å². The third-order valence-electron chi connectivity index (χ3n) is 1.62. The number of aliphatic hydroxyl groups is 1. The molecule has 10 heavy (non-hydrogen) atoms. The van der Waals surface area contributed by atoms with E-state index in [1.54, 1.807) is 7.05 Å². The minimum atomic E-state index is -0.191. The summed E-state index contributed by atoms with van der Waals surface area (Å²) in [6, 6.07) is 0. The number of carbonyl (C=O) groups is 1. The summed E-state index contributed by atoms with van der Waals surface area (Å²) < 4.78 is 0. The zero-order valence-electron chi connectivity index (χ0n) is 6.79. The van der Waals surface area contributed by atoms with E-state index in [0.717, 1.165) is 6.42 Å². The van der Waals surface area contributed by atoms with E-state index in [9.17, 15) is 4.79 Å². The van der Waals surface area contributed by atoms with Crippen LogP contribution >= 0.6 is 0 Å². The Morgan fingerprint density at radius 1 is 1.70 bits per heavy atom. The maximum atomic E-state index is 11.1. The van der Waals surface area contributed by atoms with Crippen LogP contribution in [-0.2, 0) is 4.79 Å². The summed E-state index contributed by atoms with van der Waals surface area (Å²) in [6.45, 7) is 3.62. The first-order chi connectivity index (χ1) is 4.63. The van der Waals surface area contributed by atoms with Crippen LogP contribution in [0, 0.1) is 5.92 Å². The maximum absolute atomic E-state index is 11.1. The molecule has 1 amide bonds. The molecule has 0 radical (unpaired) electrons. The Balaban J connectivity index is 3.82. The predicted molar refractivity (Wildman–Crippen MR) is 39.3 cm³/mol. The van der Waals surface area contributed by atoms with E-state index in [-0.39, 0.29) is 18.6 Å². The molecule has 0 aromatic carbocycles. The SMILES string of the molecule is CCC(C)C(=O)N(C)CO. The van der Waals surface area contributed by atoms with Gasteiger partial charge in [0.15, 0.2) is 0 Å². The van der Waals surface area contributed by atoms with Crippen molar-refractivity contribution in [1.82, 2.24) is 4.90 Å². The van der Waals surface area contributed by atoms with E-state index in [4.69, 9.17) is 5.11 Å². The van der Waals surface area contributed by atoms with Crippen molar-refractivity contribution in [3.8, 4) is 0 Å². The summed E-state index contributed by atoms with van der Waals surface area (Å²) in [6.07, 6.45) is 0.823. The number of amides is 1. The fourth-order valence-corrected chi connectivity index (χ4v) is 0.621. The minimum Gasteiger partial charge on any atom is -0.376 e. The maximum Gasteiger partial charge on any atom is 0.226 e. The number of hydrogen-bond donors (Lipinski definition) is 1. The van der Waals surface area contributed by atoms with Gasteiger partial charge in [0.05, 0.1) is 0 Å². The Morgan fingerprint density at radius 2 is 2.20 bits per heavy atom. The quantitative estimate of drug-likeness (QED) is 0.585. The van der Waals surface area contributed by atoms with Crippen LogP contribution in [0.15, 0.2) is 0 Å². The van der Waals surface area contributed by atoms with E-state index in [1.807, 2.05) is 13.8 Å². The highest BCUT2D eigenvalue weighted by molar-refractivity contribution is 5.77. The van der Waals surface area contributed by atoms with Crippen LogP contribution < -0.4 is 0 Å². The summed E-state index contributed by atoms with van der Waals surface area (Å²) in [5.74, 6) is 0.0298. The van der Waals surface area contributed by atoms with E-state index >= 15 is 0 Å². The lowest BCUT2D eigenvalue weighted by molar-refractivity contribution is -0.136. The van der Waals surface area contributed by atoms with Gasteiger partial charge >= 0.3 is 0 Å². The van der Waals surface area contributed by atoms with Crippen molar-refractivity contribution in [2.24, 2.45) is 5.92 Å². The van der Waals surface area contributed by atoms with Gasteiger partial charge in [-0.05, 0) is 6.42 Å². The van der Waals surface area contributed by atoms with E-state index < -0.39 is 0 Å². The molecule has 1 unspecified atom stereocenters. The molecular formula is C7H15NO2. The molecule has 3 heteroatoms. The van der Waals surface area contributed by atoms with Crippen molar-refractivity contribution in [3.63, 3.8) is 0 Å². The van der Waals surface area contributed by atoms with Gasteiger partial charge in [-0.1, -0.05) is 13.8 Å². The highest BCUT2D eigenvalue weighted by Gasteiger charge is 2.13. The van der Waals surface area contributed by atoms with Gasteiger partial charge in [0.25, 0.3) is 0 Å². The molecule has 0 bridgehead atoms. The third-order valence-corrected chi connectivity index (χ3v) is 1.62. The lowest BCUT2D eigenvalue weighted by Crippen LogP contribution is -2.31. The Morgan fingerprint density at radius 3 is 2.50 bits per heavy atom. The van der Waals surface area contributed by atoms with Crippen LogP contribution in [0.3, 0.4) is 0 Å². The Hall–Kier alpha value is -0.570. The van der Waals surface area contributed by atoms with Gasteiger partial charge in [0.1, 0.15) is 6.73 Å². The smallest absolute Gasteiger partial charge is 0.226 e. The van der Waals surface area contributed by atoms with Crippen LogP contribution in [0.2, 0.25) is 0 Å². The molecule has 0 heterocycles. The molecule has 3 nitrogen and oxygen atoms in total. The zero-order valence-corrected chi connectivity index (χ0v) is 6.79. The lowest BCUT2D eigenvalue weighted by Gasteiger charge is -2.17. The molecule has 0 fully saturated rings. The molecule has 0 aliphatic heterocycles. The second-order valence-electron chi connectivity index (χ2n) is 2.49. The first-order valence-corrected chi connectivity index (χ1v) is 3.49. The van der Waals surface area contributed by atoms with Crippen molar-refractivity contribution in [2.45, 2.75) is 20.3 Å². The van der Waals surface area contributed by atoms with Crippen molar-refractivity contribution in [1.29, 1.82) is 0 Å². The van der Waals surface area contributed by atoms with Gasteiger partial charge in [0, 0.05) is 13.0 Å². The first kappa shape index (κ1) is 9.43. The number of aliphatic hydroxyl groups excluding tert-OH is 1. The molecule has 1 atom stereocenters. The number of carbonyl (C=O) groups excluding carboxylic acids is 1. The summed E-state index contributed by atoms with van der Waals surface area (Å²) in [7, 11) is 1.59. The second kappa shape index (κ2) is 4.28. The van der Waals surface area contributed by atoms with Gasteiger partial charge in [0.2, 0.25) is 5.91 Å². The molecule has 0 rings (SSSR count). The molecule has 0 spiro atoms. The number of rotatable bonds is 3. The molecular weight excluding hydrogens is 130 g/mol. The largest absolute Gasteiger partial charge is 0.376 e. The minimum absolute atomic E-state index is 0.00463.